The molecule has 0 radical (unpaired) electrons. The van der Waals surface area contributed by atoms with Gasteiger partial charge in [-0.05, 0) is 30.2 Å². The molecule has 0 amide bonds. The van der Waals surface area contributed by atoms with E-state index in [9.17, 15) is 0 Å². The summed E-state index contributed by atoms with van der Waals surface area (Å²) >= 11 is 0. The highest BCUT2D eigenvalue weighted by Gasteiger charge is 2.07. The molecule has 1 atom stereocenters. The largest absolute Gasteiger partial charge is 0.497 e. The van der Waals surface area contributed by atoms with E-state index in [-0.39, 0.29) is 6.04 Å². The van der Waals surface area contributed by atoms with Gasteiger partial charge in [0.1, 0.15) is 5.75 Å². The maximum Gasteiger partial charge on any atom is 0.244 e. The second kappa shape index (κ2) is 8.10. The predicted octanol–water partition coefficient (Wildman–Crippen LogP) is 3.67. The van der Waals surface area contributed by atoms with Crippen molar-refractivity contribution in [1.82, 2.24) is 15.2 Å². The fourth-order valence-electron chi connectivity index (χ4n) is 2.42. The van der Waals surface area contributed by atoms with E-state index in [0.29, 0.717) is 18.3 Å². The van der Waals surface area contributed by atoms with E-state index < -0.39 is 0 Å². The van der Waals surface area contributed by atoms with Gasteiger partial charge in [0.25, 0.3) is 0 Å². The van der Waals surface area contributed by atoms with Crippen LogP contribution in [0.1, 0.15) is 24.1 Å². The van der Waals surface area contributed by atoms with E-state index in [4.69, 9.17) is 4.74 Å². The average molecular weight is 335 g/mol. The van der Waals surface area contributed by atoms with Crippen LogP contribution in [-0.2, 0) is 6.54 Å². The molecule has 0 aliphatic carbocycles. The molecule has 2 aromatic carbocycles. The second-order valence-corrected chi connectivity index (χ2v) is 5.64. The number of methoxy groups -OCH3 is 1. The van der Waals surface area contributed by atoms with Crippen LogP contribution in [0.3, 0.4) is 0 Å². The first-order valence-electron chi connectivity index (χ1n) is 8.12. The Bertz CT molecular complexity index is 792. The fourth-order valence-corrected chi connectivity index (χ4v) is 2.42. The number of aromatic nitrogens is 3. The van der Waals surface area contributed by atoms with E-state index in [1.807, 2.05) is 42.5 Å². The van der Waals surface area contributed by atoms with Crippen molar-refractivity contribution in [3.63, 3.8) is 0 Å². The molecule has 0 aliphatic heterocycles. The summed E-state index contributed by atoms with van der Waals surface area (Å²) in [6.45, 7) is 2.70. The molecule has 2 N–H and O–H groups in total. The van der Waals surface area contributed by atoms with Gasteiger partial charge in [-0.2, -0.15) is 10.1 Å². The lowest BCUT2D eigenvalue weighted by Crippen LogP contribution is -2.11. The summed E-state index contributed by atoms with van der Waals surface area (Å²) in [7, 11) is 1.65. The molecule has 0 aliphatic rings. The predicted molar refractivity (Wildman–Crippen MR) is 98.6 cm³/mol. The quantitative estimate of drug-likeness (QED) is 0.686. The molecule has 0 saturated carbocycles. The van der Waals surface area contributed by atoms with E-state index in [0.717, 1.165) is 11.3 Å². The van der Waals surface area contributed by atoms with Crippen molar-refractivity contribution < 1.29 is 4.74 Å². The first-order chi connectivity index (χ1) is 12.2. The molecular formula is C19H21N5O. The topological polar surface area (TPSA) is 72.0 Å². The van der Waals surface area contributed by atoms with Crippen molar-refractivity contribution in [2.45, 2.75) is 19.5 Å². The number of hydrogen-bond acceptors (Lipinski definition) is 6. The third-order valence-corrected chi connectivity index (χ3v) is 3.83. The summed E-state index contributed by atoms with van der Waals surface area (Å²) in [6.07, 6.45) is 1.62. The highest BCUT2D eigenvalue weighted by molar-refractivity contribution is 5.40. The zero-order valence-electron chi connectivity index (χ0n) is 14.3. The second-order valence-electron chi connectivity index (χ2n) is 5.64. The molecule has 0 bridgehead atoms. The molecule has 3 rings (SSSR count). The first-order valence-corrected chi connectivity index (χ1v) is 8.12. The Kier molecular flexibility index (Phi) is 5.41. The van der Waals surface area contributed by atoms with Crippen molar-refractivity contribution >= 4 is 11.8 Å². The third-order valence-electron chi connectivity index (χ3n) is 3.83. The zero-order valence-corrected chi connectivity index (χ0v) is 14.3. The Labute approximate surface area is 147 Å². The van der Waals surface area contributed by atoms with Crippen LogP contribution in [0.5, 0.6) is 5.75 Å². The van der Waals surface area contributed by atoms with Crippen LogP contribution < -0.4 is 15.4 Å². The monoisotopic (exact) mass is 335 g/mol. The van der Waals surface area contributed by atoms with Gasteiger partial charge in [0.05, 0.1) is 13.3 Å². The van der Waals surface area contributed by atoms with E-state index in [1.54, 1.807) is 13.3 Å². The van der Waals surface area contributed by atoms with Gasteiger partial charge < -0.3 is 15.4 Å². The number of nitrogens with one attached hydrogen (secondary N) is 2. The maximum atomic E-state index is 5.16. The van der Waals surface area contributed by atoms with Crippen molar-refractivity contribution in [2.24, 2.45) is 0 Å². The van der Waals surface area contributed by atoms with Crippen LogP contribution in [0.25, 0.3) is 0 Å². The molecule has 3 aromatic rings. The van der Waals surface area contributed by atoms with Gasteiger partial charge in [0, 0.05) is 12.6 Å². The molecule has 1 aromatic heterocycles. The summed E-state index contributed by atoms with van der Waals surface area (Å²) in [5, 5.41) is 14.6. The summed E-state index contributed by atoms with van der Waals surface area (Å²) in [4.78, 5) is 4.47. The van der Waals surface area contributed by atoms with Crippen molar-refractivity contribution in [1.29, 1.82) is 0 Å². The Balaban J connectivity index is 1.61. The number of hydrogen-bond donors (Lipinski definition) is 2. The average Bonchev–Trinajstić information content (AvgIpc) is 2.68. The molecular weight excluding hydrogens is 314 g/mol. The SMILES string of the molecule is COc1ccc(CNc2nncc(NC(C)c3ccccc3)n2)cc1. The van der Waals surface area contributed by atoms with Gasteiger partial charge in [-0.3, -0.25) is 0 Å². The zero-order chi connectivity index (χ0) is 17.5. The molecule has 0 fully saturated rings. The minimum absolute atomic E-state index is 0.132. The van der Waals surface area contributed by atoms with Gasteiger partial charge in [-0.1, -0.05) is 42.5 Å². The van der Waals surface area contributed by atoms with E-state index in [2.05, 4.69) is 44.9 Å². The minimum Gasteiger partial charge on any atom is -0.497 e. The van der Waals surface area contributed by atoms with Gasteiger partial charge >= 0.3 is 0 Å². The van der Waals surface area contributed by atoms with Crippen molar-refractivity contribution in [2.75, 3.05) is 17.7 Å². The number of nitrogens with zero attached hydrogens (tertiary/aromatic N) is 3. The number of anilines is 2. The standard InChI is InChI=1S/C19H21N5O/c1-14(16-6-4-3-5-7-16)22-18-13-21-24-19(23-18)20-12-15-8-10-17(25-2)11-9-15/h3-11,13-14H,12H2,1-2H3,(H2,20,22,23,24). The molecule has 25 heavy (non-hydrogen) atoms. The minimum atomic E-state index is 0.132. The van der Waals surface area contributed by atoms with Crippen LogP contribution in [0.4, 0.5) is 11.8 Å². The molecule has 0 spiro atoms. The van der Waals surface area contributed by atoms with Crippen molar-refractivity contribution in [3.8, 4) is 5.75 Å². The Morgan fingerprint density at radius 1 is 1.04 bits per heavy atom. The van der Waals surface area contributed by atoms with Crippen LogP contribution >= 0.6 is 0 Å². The summed E-state index contributed by atoms with van der Waals surface area (Å²) < 4.78 is 5.16. The molecule has 0 saturated heterocycles. The lowest BCUT2D eigenvalue weighted by Gasteiger charge is -2.15. The normalized spacial score (nSPS) is 11.6. The fraction of sp³-hybridized carbons (Fsp3) is 0.211. The summed E-state index contributed by atoms with van der Waals surface area (Å²) in [5.41, 5.74) is 2.30. The molecule has 6 nitrogen and oxygen atoms in total. The van der Waals surface area contributed by atoms with Gasteiger partial charge in [0.2, 0.25) is 5.95 Å². The number of rotatable bonds is 7. The summed E-state index contributed by atoms with van der Waals surface area (Å²) in [5.74, 6) is 2.01. The highest BCUT2D eigenvalue weighted by Crippen LogP contribution is 2.17. The van der Waals surface area contributed by atoms with Gasteiger partial charge in [-0.15, -0.1) is 5.10 Å². The lowest BCUT2D eigenvalue weighted by atomic mass is 10.1. The molecule has 6 heteroatoms. The van der Waals surface area contributed by atoms with Crippen LogP contribution in [0, 0.1) is 0 Å². The number of ether oxygens (including phenoxy) is 1. The van der Waals surface area contributed by atoms with Crippen molar-refractivity contribution in [3.05, 3.63) is 71.9 Å². The molecule has 1 unspecified atom stereocenters. The van der Waals surface area contributed by atoms with E-state index >= 15 is 0 Å². The van der Waals surface area contributed by atoms with Crippen LogP contribution in [0.2, 0.25) is 0 Å². The van der Waals surface area contributed by atoms with Crippen LogP contribution in [0.15, 0.2) is 60.8 Å². The third kappa shape index (κ3) is 4.67. The smallest absolute Gasteiger partial charge is 0.244 e. The highest BCUT2D eigenvalue weighted by atomic mass is 16.5. The molecule has 1 heterocycles. The summed E-state index contributed by atoms with van der Waals surface area (Å²) in [6, 6.07) is 18.2. The van der Waals surface area contributed by atoms with Gasteiger partial charge in [-0.25, -0.2) is 0 Å². The van der Waals surface area contributed by atoms with Crippen LogP contribution in [-0.4, -0.2) is 22.3 Å². The van der Waals surface area contributed by atoms with E-state index in [1.165, 1.54) is 5.56 Å². The Hall–Kier alpha value is -3.15. The van der Waals surface area contributed by atoms with Gasteiger partial charge in [0.15, 0.2) is 5.82 Å². The maximum absolute atomic E-state index is 5.16. The first kappa shape index (κ1) is 16.7. The molecule has 128 valence electrons. The Morgan fingerprint density at radius 2 is 1.80 bits per heavy atom. The number of benzene rings is 2. The lowest BCUT2D eigenvalue weighted by molar-refractivity contribution is 0.414. The Morgan fingerprint density at radius 3 is 2.52 bits per heavy atom.